The molecule has 0 spiro atoms. The van der Waals surface area contributed by atoms with Crippen molar-refractivity contribution in [1.82, 2.24) is 5.32 Å². The first-order valence-electron chi connectivity index (χ1n) is 5.87. The molecule has 1 unspecified atom stereocenters. The fourth-order valence-corrected chi connectivity index (χ4v) is 2.24. The van der Waals surface area contributed by atoms with Crippen molar-refractivity contribution >= 4 is 5.91 Å². The Kier molecular flexibility index (Phi) is 4.14. The number of hydrogen-bond acceptors (Lipinski definition) is 2. The van der Waals surface area contributed by atoms with Crippen LogP contribution in [0.4, 0.5) is 0 Å². The van der Waals surface area contributed by atoms with Crippen LogP contribution in [0.15, 0.2) is 0 Å². The van der Waals surface area contributed by atoms with E-state index in [-0.39, 0.29) is 11.9 Å². The summed E-state index contributed by atoms with van der Waals surface area (Å²) in [5.74, 6) is -0.0524. The third kappa shape index (κ3) is 2.71. The highest BCUT2D eigenvalue weighted by Crippen LogP contribution is 2.37. The molecular formula is C12H20N2O. The molecule has 0 heterocycles. The van der Waals surface area contributed by atoms with Gasteiger partial charge < -0.3 is 5.32 Å². The highest BCUT2D eigenvalue weighted by Gasteiger charge is 2.41. The van der Waals surface area contributed by atoms with Gasteiger partial charge >= 0.3 is 0 Å². The standard InChI is InChI=1S/C12H20N2O/c1-3-6-10(2)14-11(15)12(9-13)7-4-5-8-12/h10H,3-8H2,1-2H3,(H,14,15). The predicted molar refractivity (Wildman–Crippen MR) is 59.0 cm³/mol. The lowest BCUT2D eigenvalue weighted by Gasteiger charge is -2.22. The molecule has 1 aliphatic rings. The molecule has 0 aromatic rings. The molecule has 3 nitrogen and oxygen atoms in total. The van der Waals surface area contributed by atoms with Crippen LogP contribution in [0.2, 0.25) is 0 Å². The highest BCUT2D eigenvalue weighted by atomic mass is 16.2. The lowest BCUT2D eigenvalue weighted by molar-refractivity contribution is -0.128. The van der Waals surface area contributed by atoms with E-state index in [0.717, 1.165) is 38.5 Å². The third-order valence-electron chi connectivity index (χ3n) is 3.20. The van der Waals surface area contributed by atoms with Gasteiger partial charge in [-0.05, 0) is 26.2 Å². The van der Waals surface area contributed by atoms with Gasteiger partial charge in [-0.1, -0.05) is 26.2 Å². The lowest BCUT2D eigenvalue weighted by atomic mass is 9.86. The summed E-state index contributed by atoms with van der Waals surface area (Å²) < 4.78 is 0. The molecule has 15 heavy (non-hydrogen) atoms. The molecule has 1 aliphatic carbocycles. The van der Waals surface area contributed by atoms with Crippen LogP contribution in [0.25, 0.3) is 0 Å². The van der Waals surface area contributed by atoms with Gasteiger partial charge in [0.25, 0.3) is 0 Å². The van der Waals surface area contributed by atoms with Gasteiger partial charge in [0.2, 0.25) is 5.91 Å². The van der Waals surface area contributed by atoms with Crippen molar-refractivity contribution in [3.05, 3.63) is 0 Å². The van der Waals surface area contributed by atoms with Crippen molar-refractivity contribution < 1.29 is 4.79 Å². The summed E-state index contributed by atoms with van der Waals surface area (Å²) in [6.07, 6.45) is 5.50. The molecular weight excluding hydrogens is 188 g/mol. The van der Waals surface area contributed by atoms with E-state index in [1.807, 2.05) is 6.92 Å². The molecule has 3 heteroatoms. The van der Waals surface area contributed by atoms with Gasteiger partial charge in [-0.3, -0.25) is 4.79 Å². The van der Waals surface area contributed by atoms with Gasteiger partial charge in [0.05, 0.1) is 6.07 Å². The summed E-state index contributed by atoms with van der Waals surface area (Å²) in [7, 11) is 0. The first kappa shape index (κ1) is 12.0. The maximum atomic E-state index is 11.9. The molecule has 0 aliphatic heterocycles. The fourth-order valence-electron chi connectivity index (χ4n) is 2.24. The van der Waals surface area contributed by atoms with Gasteiger partial charge in [0.1, 0.15) is 5.41 Å². The minimum Gasteiger partial charge on any atom is -0.352 e. The first-order valence-corrected chi connectivity index (χ1v) is 5.87. The second-order valence-electron chi connectivity index (χ2n) is 4.56. The van der Waals surface area contributed by atoms with Crippen LogP contribution < -0.4 is 5.32 Å². The highest BCUT2D eigenvalue weighted by molar-refractivity contribution is 5.85. The normalized spacial score (nSPS) is 20.6. The Bertz CT molecular complexity index is 261. The van der Waals surface area contributed by atoms with Crippen molar-refractivity contribution in [2.45, 2.75) is 58.4 Å². The average Bonchev–Trinajstić information content (AvgIpc) is 2.67. The van der Waals surface area contributed by atoms with Crippen LogP contribution in [0.1, 0.15) is 52.4 Å². The summed E-state index contributed by atoms with van der Waals surface area (Å²) in [6, 6.07) is 2.40. The zero-order valence-corrected chi connectivity index (χ0v) is 9.68. The van der Waals surface area contributed by atoms with E-state index in [1.54, 1.807) is 0 Å². The smallest absolute Gasteiger partial charge is 0.240 e. The number of carbonyl (C=O) groups excluding carboxylic acids is 1. The summed E-state index contributed by atoms with van der Waals surface area (Å²) >= 11 is 0. The van der Waals surface area contributed by atoms with Crippen molar-refractivity contribution in [3.8, 4) is 6.07 Å². The topological polar surface area (TPSA) is 52.9 Å². The van der Waals surface area contributed by atoms with Crippen LogP contribution in [0.3, 0.4) is 0 Å². The third-order valence-corrected chi connectivity index (χ3v) is 3.20. The summed E-state index contributed by atoms with van der Waals surface area (Å²) in [5, 5.41) is 12.1. The molecule has 1 atom stereocenters. The largest absolute Gasteiger partial charge is 0.352 e. The van der Waals surface area contributed by atoms with E-state index in [9.17, 15) is 4.79 Å². The maximum Gasteiger partial charge on any atom is 0.240 e. The van der Waals surface area contributed by atoms with Crippen LogP contribution in [-0.4, -0.2) is 11.9 Å². The molecule has 1 N–H and O–H groups in total. The SMILES string of the molecule is CCCC(C)NC(=O)C1(C#N)CCCC1. The van der Waals surface area contributed by atoms with E-state index in [0.29, 0.717) is 0 Å². The molecule has 0 aromatic carbocycles. The molecule has 1 amide bonds. The second-order valence-corrected chi connectivity index (χ2v) is 4.56. The molecule has 0 radical (unpaired) electrons. The van der Waals surface area contributed by atoms with E-state index < -0.39 is 5.41 Å². The first-order chi connectivity index (χ1) is 7.14. The number of carbonyl (C=O) groups is 1. The Hall–Kier alpha value is -1.04. The van der Waals surface area contributed by atoms with Crippen molar-refractivity contribution in [2.75, 3.05) is 0 Å². The van der Waals surface area contributed by atoms with E-state index in [4.69, 9.17) is 5.26 Å². The van der Waals surface area contributed by atoms with Crippen LogP contribution in [0.5, 0.6) is 0 Å². The number of hydrogen-bond donors (Lipinski definition) is 1. The van der Waals surface area contributed by atoms with E-state index in [1.165, 1.54) is 0 Å². The fraction of sp³-hybridized carbons (Fsp3) is 0.833. The Labute approximate surface area is 91.9 Å². The molecule has 0 saturated heterocycles. The van der Waals surface area contributed by atoms with Gasteiger partial charge in [-0.15, -0.1) is 0 Å². The average molecular weight is 208 g/mol. The quantitative estimate of drug-likeness (QED) is 0.771. The predicted octanol–water partition coefficient (Wildman–Crippen LogP) is 2.38. The van der Waals surface area contributed by atoms with E-state index in [2.05, 4.69) is 18.3 Å². The maximum absolute atomic E-state index is 11.9. The number of nitrogens with one attached hydrogen (secondary N) is 1. The van der Waals surface area contributed by atoms with Gasteiger partial charge in [-0.2, -0.15) is 5.26 Å². The van der Waals surface area contributed by atoms with Crippen LogP contribution in [-0.2, 0) is 4.79 Å². The number of rotatable bonds is 4. The number of nitriles is 1. The molecule has 0 bridgehead atoms. The number of nitrogens with zero attached hydrogens (tertiary/aromatic N) is 1. The molecule has 84 valence electrons. The van der Waals surface area contributed by atoms with Crippen molar-refractivity contribution in [3.63, 3.8) is 0 Å². The summed E-state index contributed by atoms with van der Waals surface area (Å²) in [6.45, 7) is 4.10. The lowest BCUT2D eigenvalue weighted by Crippen LogP contribution is -2.42. The molecule has 1 saturated carbocycles. The Morgan fingerprint density at radius 2 is 2.13 bits per heavy atom. The minimum atomic E-state index is -0.720. The Morgan fingerprint density at radius 3 is 2.60 bits per heavy atom. The Balaban J connectivity index is 2.55. The molecule has 0 aromatic heterocycles. The van der Waals surface area contributed by atoms with Gasteiger partial charge in [-0.25, -0.2) is 0 Å². The van der Waals surface area contributed by atoms with Crippen LogP contribution >= 0.6 is 0 Å². The Morgan fingerprint density at radius 1 is 1.53 bits per heavy atom. The molecule has 1 rings (SSSR count). The summed E-state index contributed by atoms with van der Waals surface area (Å²) in [5.41, 5.74) is -0.720. The van der Waals surface area contributed by atoms with Crippen molar-refractivity contribution in [1.29, 1.82) is 5.26 Å². The summed E-state index contributed by atoms with van der Waals surface area (Å²) in [4.78, 5) is 11.9. The van der Waals surface area contributed by atoms with Crippen LogP contribution in [0, 0.1) is 16.7 Å². The van der Waals surface area contributed by atoms with Gasteiger partial charge in [0.15, 0.2) is 0 Å². The zero-order valence-electron chi connectivity index (χ0n) is 9.68. The van der Waals surface area contributed by atoms with Crippen molar-refractivity contribution in [2.24, 2.45) is 5.41 Å². The monoisotopic (exact) mass is 208 g/mol. The van der Waals surface area contributed by atoms with E-state index >= 15 is 0 Å². The zero-order chi connectivity index (χ0) is 11.3. The molecule has 1 fully saturated rings. The second kappa shape index (κ2) is 5.16. The minimum absolute atomic E-state index is 0.0524. The number of amides is 1. The van der Waals surface area contributed by atoms with Gasteiger partial charge in [0, 0.05) is 6.04 Å².